The summed E-state index contributed by atoms with van der Waals surface area (Å²) < 4.78 is 21.9. The maximum absolute atomic E-state index is 13.5. The largest absolute Gasteiger partial charge is 0.497 e. The van der Waals surface area contributed by atoms with Gasteiger partial charge in [0.25, 0.3) is 0 Å². The van der Waals surface area contributed by atoms with Crippen LogP contribution in [0.4, 0.5) is 0 Å². The molecule has 7 heteroatoms. The first-order valence-corrected chi connectivity index (χ1v) is 9.41. The molecular formula is C21H27NO6. The highest BCUT2D eigenvalue weighted by Crippen LogP contribution is 2.59. The number of hydrogen-bond acceptors (Lipinski definition) is 7. The molecule has 0 spiro atoms. The normalized spacial score (nSPS) is 31.8. The minimum atomic E-state index is -1.60. The third kappa shape index (κ3) is 2.14. The van der Waals surface area contributed by atoms with E-state index in [0.29, 0.717) is 36.5 Å². The van der Waals surface area contributed by atoms with Crippen molar-refractivity contribution in [3.05, 3.63) is 34.8 Å². The molecule has 0 saturated carbocycles. The second-order valence-corrected chi connectivity index (χ2v) is 7.83. The molecule has 1 saturated heterocycles. The van der Waals surface area contributed by atoms with Crippen molar-refractivity contribution >= 4 is 5.78 Å². The molecule has 0 unspecified atom stereocenters. The number of hydrogen-bond donors (Lipinski definition) is 1. The number of nitrogens with zero attached hydrogens (tertiary/aromatic N) is 1. The lowest BCUT2D eigenvalue weighted by molar-refractivity contribution is -0.175. The lowest BCUT2D eigenvalue weighted by atomic mass is 9.50. The molecule has 3 aliphatic rings. The number of methoxy groups -OCH3 is 4. The lowest BCUT2D eigenvalue weighted by Gasteiger charge is -2.61. The van der Waals surface area contributed by atoms with E-state index in [0.717, 1.165) is 17.7 Å². The molecule has 3 atom stereocenters. The molecule has 0 aromatic heterocycles. The molecule has 1 heterocycles. The van der Waals surface area contributed by atoms with Crippen LogP contribution < -0.4 is 9.47 Å². The molecule has 28 heavy (non-hydrogen) atoms. The summed E-state index contributed by atoms with van der Waals surface area (Å²) in [5.74, 6) is 1.41. The molecule has 1 fully saturated rings. The minimum absolute atomic E-state index is 0.116. The molecule has 2 bridgehead atoms. The maximum Gasteiger partial charge on any atom is 0.234 e. The van der Waals surface area contributed by atoms with Crippen molar-refractivity contribution in [2.75, 3.05) is 42.0 Å². The van der Waals surface area contributed by atoms with Gasteiger partial charge in [-0.3, -0.25) is 9.69 Å². The fourth-order valence-corrected chi connectivity index (χ4v) is 5.45. The number of allylic oxidation sites excluding steroid dienone is 1. The summed E-state index contributed by atoms with van der Waals surface area (Å²) in [6, 6.07) is 3.52. The Hall–Kier alpha value is -2.25. The van der Waals surface area contributed by atoms with Crippen molar-refractivity contribution < 1.29 is 28.8 Å². The molecule has 0 radical (unpaired) electrons. The fraction of sp³-hybridized carbons (Fsp3) is 0.571. The summed E-state index contributed by atoms with van der Waals surface area (Å²) in [5, 5.41) is 12.0. The van der Waals surface area contributed by atoms with Crippen LogP contribution >= 0.6 is 0 Å². The van der Waals surface area contributed by atoms with Gasteiger partial charge in [0.1, 0.15) is 5.76 Å². The number of likely N-dealkylation sites (tertiary alicyclic amines) is 1. The summed E-state index contributed by atoms with van der Waals surface area (Å²) in [6.07, 6.45) is 1.55. The first-order chi connectivity index (χ1) is 13.4. The van der Waals surface area contributed by atoms with Crippen LogP contribution in [-0.2, 0) is 26.1 Å². The van der Waals surface area contributed by atoms with E-state index in [2.05, 4.69) is 4.90 Å². The van der Waals surface area contributed by atoms with E-state index < -0.39 is 16.8 Å². The Balaban J connectivity index is 2.03. The van der Waals surface area contributed by atoms with Crippen molar-refractivity contribution in [1.29, 1.82) is 0 Å². The Labute approximate surface area is 164 Å². The number of likely N-dealkylation sites (N-methyl/N-ethyl adjacent to an activating group) is 1. The number of ketones is 1. The van der Waals surface area contributed by atoms with E-state index in [1.807, 2.05) is 19.2 Å². The summed E-state index contributed by atoms with van der Waals surface area (Å²) in [4.78, 5) is 15.6. The van der Waals surface area contributed by atoms with Crippen LogP contribution in [-0.4, -0.2) is 69.5 Å². The van der Waals surface area contributed by atoms with Crippen LogP contribution in [0.15, 0.2) is 23.7 Å². The number of aliphatic hydroxyl groups is 1. The van der Waals surface area contributed by atoms with Gasteiger partial charge in [0.15, 0.2) is 17.1 Å². The molecule has 7 nitrogen and oxygen atoms in total. The number of piperidine rings is 1. The van der Waals surface area contributed by atoms with E-state index in [1.54, 1.807) is 14.2 Å². The average molecular weight is 389 g/mol. The van der Waals surface area contributed by atoms with Crippen LogP contribution in [0.3, 0.4) is 0 Å². The second kappa shape index (κ2) is 6.39. The van der Waals surface area contributed by atoms with E-state index in [-0.39, 0.29) is 11.8 Å². The van der Waals surface area contributed by atoms with Crippen molar-refractivity contribution in [1.82, 2.24) is 4.90 Å². The van der Waals surface area contributed by atoms with Crippen molar-refractivity contribution in [3.63, 3.8) is 0 Å². The maximum atomic E-state index is 13.5. The van der Waals surface area contributed by atoms with E-state index in [1.165, 1.54) is 14.2 Å². The number of carbonyl (C=O) groups is 1. The number of carbonyl (C=O) groups excluding carboxylic acids is 1. The Morgan fingerprint density at radius 3 is 2.36 bits per heavy atom. The van der Waals surface area contributed by atoms with E-state index in [4.69, 9.17) is 18.9 Å². The predicted molar refractivity (Wildman–Crippen MR) is 102 cm³/mol. The first kappa shape index (κ1) is 19.1. The highest BCUT2D eigenvalue weighted by atomic mass is 16.5. The Morgan fingerprint density at radius 1 is 1.07 bits per heavy atom. The number of fused-ring (bicyclic) bond motifs is 1. The zero-order valence-corrected chi connectivity index (χ0v) is 17.0. The Bertz CT molecular complexity index is 865. The molecule has 4 rings (SSSR count). The van der Waals surface area contributed by atoms with Gasteiger partial charge in [-0.25, -0.2) is 0 Å². The smallest absolute Gasteiger partial charge is 0.234 e. The quantitative estimate of drug-likeness (QED) is 0.834. The molecular weight excluding hydrogens is 362 g/mol. The van der Waals surface area contributed by atoms with Gasteiger partial charge >= 0.3 is 0 Å². The van der Waals surface area contributed by atoms with E-state index in [9.17, 15) is 9.90 Å². The van der Waals surface area contributed by atoms with Crippen LogP contribution in [0.25, 0.3) is 0 Å². The summed E-state index contributed by atoms with van der Waals surface area (Å²) in [5.41, 5.74) is -0.417. The highest BCUT2D eigenvalue weighted by Gasteiger charge is 2.69. The monoisotopic (exact) mass is 389 g/mol. The van der Waals surface area contributed by atoms with Crippen LogP contribution in [0.1, 0.15) is 24.0 Å². The fourth-order valence-electron chi connectivity index (χ4n) is 5.45. The molecule has 1 N–H and O–H groups in total. The SMILES string of the molecule is COC1=C(OC)C(=O)[C@@]2(O)[C@@H]3Cc4cc(OC)c(OC)cc4[C@]2(CCN3C)C1. The topological polar surface area (TPSA) is 77.5 Å². The molecule has 1 aromatic carbocycles. The first-order valence-electron chi connectivity index (χ1n) is 9.41. The van der Waals surface area contributed by atoms with Crippen LogP contribution in [0, 0.1) is 0 Å². The van der Waals surface area contributed by atoms with Gasteiger partial charge in [-0.2, -0.15) is 0 Å². The van der Waals surface area contributed by atoms with Crippen LogP contribution in [0.2, 0.25) is 0 Å². The van der Waals surface area contributed by atoms with Gasteiger partial charge in [-0.1, -0.05) is 0 Å². The summed E-state index contributed by atoms with van der Waals surface area (Å²) in [6.45, 7) is 0.771. The number of benzene rings is 1. The number of rotatable bonds is 4. The van der Waals surface area contributed by atoms with Gasteiger partial charge in [-0.05, 0) is 49.7 Å². The Kier molecular flexibility index (Phi) is 4.35. The van der Waals surface area contributed by atoms with Gasteiger partial charge in [0.05, 0.1) is 34.5 Å². The highest BCUT2D eigenvalue weighted by molar-refractivity contribution is 6.04. The lowest BCUT2D eigenvalue weighted by Crippen LogP contribution is -2.75. The third-order valence-corrected chi connectivity index (χ3v) is 6.89. The predicted octanol–water partition coefficient (Wildman–Crippen LogP) is 1.41. The number of ether oxygens (including phenoxy) is 4. The van der Waals surface area contributed by atoms with Gasteiger partial charge in [0, 0.05) is 11.8 Å². The second-order valence-electron chi connectivity index (χ2n) is 7.83. The number of Topliss-reactive ketones (excluding diaryl/α,β-unsaturated/α-hetero) is 1. The van der Waals surface area contributed by atoms with E-state index >= 15 is 0 Å². The van der Waals surface area contributed by atoms with Gasteiger partial charge in [-0.15, -0.1) is 0 Å². The molecule has 152 valence electrons. The Morgan fingerprint density at radius 2 is 1.75 bits per heavy atom. The average Bonchev–Trinajstić information content (AvgIpc) is 2.70. The van der Waals surface area contributed by atoms with Crippen molar-refractivity contribution in [2.45, 2.75) is 36.3 Å². The molecule has 0 amide bonds. The van der Waals surface area contributed by atoms with Gasteiger partial charge < -0.3 is 24.1 Å². The summed E-state index contributed by atoms with van der Waals surface area (Å²) in [7, 11) is 8.12. The zero-order valence-electron chi connectivity index (χ0n) is 17.0. The molecule has 1 aromatic rings. The molecule has 2 aliphatic carbocycles. The molecule has 1 aliphatic heterocycles. The van der Waals surface area contributed by atoms with Crippen molar-refractivity contribution in [3.8, 4) is 11.5 Å². The van der Waals surface area contributed by atoms with Crippen LogP contribution in [0.5, 0.6) is 11.5 Å². The summed E-state index contributed by atoms with van der Waals surface area (Å²) >= 11 is 0. The van der Waals surface area contributed by atoms with Gasteiger partial charge in [0.2, 0.25) is 11.5 Å². The third-order valence-electron chi connectivity index (χ3n) is 6.89. The standard InChI is InChI=1S/C21H27NO6/c1-22-7-6-20-11-16(27-4)18(28-5)19(23)21(20,24)17(22)9-12-8-14(25-2)15(26-3)10-13(12)20/h8,10,17,24H,6-7,9,11H2,1-5H3/t17-,20-,21-/m0/s1. The zero-order chi connectivity index (χ0) is 20.3. The van der Waals surface area contributed by atoms with Crippen molar-refractivity contribution in [2.24, 2.45) is 0 Å². The minimum Gasteiger partial charge on any atom is -0.497 e.